The van der Waals surface area contributed by atoms with Gasteiger partial charge in [0.25, 0.3) is 0 Å². The standard InChI is InChI=1S/C13H20N2O/c1-4-10(5-2)12-7-11(13(16)8-14)6-9(3)15-12/h6-7,10H,4-5,8,14H2,1-3H3. The van der Waals surface area contributed by atoms with Crippen LogP contribution < -0.4 is 5.73 Å². The molecule has 2 N–H and O–H groups in total. The lowest BCUT2D eigenvalue weighted by molar-refractivity contribution is 0.100. The molecule has 0 unspecified atom stereocenters. The first-order valence-electron chi connectivity index (χ1n) is 5.84. The summed E-state index contributed by atoms with van der Waals surface area (Å²) in [5.74, 6) is 0.418. The zero-order valence-electron chi connectivity index (χ0n) is 10.3. The number of carbonyl (C=O) groups is 1. The highest BCUT2D eigenvalue weighted by Gasteiger charge is 2.12. The summed E-state index contributed by atoms with van der Waals surface area (Å²) in [4.78, 5) is 16.1. The molecule has 0 saturated heterocycles. The lowest BCUT2D eigenvalue weighted by Gasteiger charge is -2.13. The SMILES string of the molecule is CCC(CC)c1cc(C(=O)CN)cc(C)n1. The first-order chi connectivity index (χ1) is 7.62. The third-order valence-electron chi connectivity index (χ3n) is 2.88. The van der Waals surface area contributed by atoms with E-state index >= 15 is 0 Å². The summed E-state index contributed by atoms with van der Waals surface area (Å²) in [6.45, 7) is 6.26. The van der Waals surface area contributed by atoms with Gasteiger partial charge in [-0.15, -0.1) is 0 Å². The average molecular weight is 220 g/mol. The predicted octanol–water partition coefficient (Wildman–Crippen LogP) is 2.44. The minimum Gasteiger partial charge on any atom is -0.324 e. The van der Waals surface area contributed by atoms with Crippen LogP contribution in [0.25, 0.3) is 0 Å². The van der Waals surface area contributed by atoms with E-state index in [2.05, 4.69) is 18.8 Å². The van der Waals surface area contributed by atoms with Crippen LogP contribution in [0.5, 0.6) is 0 Å². The molecule has 0 fully saturated rings. The maximum atomic E-state index is 11.6. The molecule has 0 radical (unpaired) electrons. The largest absolute Gasteiger partial charge is 0.324 e. The molecule has 0 aliphatic rings. The normalized spacial score (nSPS) is 10.8. The van der Waals surface area contributed by atoms with Crippen molar-refractivity contribution in [2.24, 2.45) is 5.73 Å². The van der Waals surface area contributed by atoms with Crippen molar-refractivity contribution in [1.29, 1.82) is 0 Å². The van der Waals surface area contributed by atoms with Gasteiger partial charge in [0.1, 0.15) is 0 Å². The number of rotatable bonds is 5. The first-order valence-corrected chi connectivity index (χ1v) is 5.84. The molecule has 3 heteroatoms. The second-order valence-electron chi connectivity index (χ2n) is 4.06. The minimum atomic E-state index is -0.0160. The van der Waals surface area contributed by atoms with Crippen LogP contribution in [0.1, 0.15) is 54.4 Å². The highest BCUT2D eigenvalue weighted by atomic mass is 16.1. The van der Waals surface area contributed by atoms with Crippen LogP contribution in [0.15, 0.2) is 12.1 Å². The van der Waals surface area contributed by atoms with E-state index < -0.39 is 0 Å². The first kappa shape index (κ1) is 12.8. The van der Waals surface area contributed by atoms with Gasteiger partial charge < -0.3 is 5.73 Å². The predicted molar refractivity (Wildman–Crippen MR) is 65.7 cm³/mol. The third-order valence-corrected chi connectivity index (χ3v) is 2.88. The van der Waals surface area contributed by atoms with Crippen LogP contribution in [0, 0.1) is 6.92 Å². The number of hydrogen-bond acceptors (Lipinski definition) is 3. The Morgan fingerprint density at radius 1 is 1.38 bits per heavy atom. The summed E-state index contributed by atoms with van der Waals surface area (Å²) in [5.41, 5.74) is 7.97. The van der Waals surface area contributed by atoms with Crippen LogP contribution in [-0.2, 0) is 0 Å². The molecule has 0 spiro atoms. The van der Waals surface area contributed by atoms with E-state index in [0.29, 0.717) is 11.5 Å². The monoisotopic (exact) mass is 220 g/mol. The molecule has 1 rings (SSSR count). The van der Waals surface area contributed by atoms with Gasteiger partial charge in [0.15, 0.2) is 5.78 Å². The molecular weight excluding hydrogens is 200 g/mol. The Morgan fingerprint density at radius 3 is 2.50 bits per heavy atom. The van der Waals surface area contributed by atoms with E-state index in [-0.39, 0.29) is 12.3 Å². The zero-order chi connectivity index (χ0) is 12.1. The van der Waals surface area contributed by atoms with Crippen molar-refractivity contribution in [3.8, 4) is 0 Å². The van der Waals surface area contributed by atoms with Crippen LogP contribution in [-0.4, -0.2) is 17.3 Å². The molecule has 1 heterocycles. The summed E-state index contributed by atoms with van der Waals surface area (Å²) >= 11 is 0. The van der Waals surface area contributed by atoms with Crippen molar-refractivity contribution >= 4 is 5.78 Å². The van der Waals surface area contributed by atoms with Crippen molar-refractivity contribution in [2.75, 3.05) is 6.54 Å². The Kier molecular flexibility index (Phi) is 4.62. The summed E-state index contributed by atoms with van der Waals surface area (Å²) in [6.07, 6.45) is 2.09. The summed E-state index contributed by atoms with van der Waals surface area (Å²) in [6, 6.07) is 3.70. The van der Waals surface area contributed by atoms with Crippen LogP contribution in [0.3, 0.4) is 0 Å². The van der Waals surface area contributed by atoms with E-state index in [1.165, 1.54) is 0 Å². The number of nitrogens with zero attached hydrogens (tertiary/aromatic N) is 1. The van der Waals surface area contributed by atoms with E-state index in [1.54, 1.807) is 6.07 Å². The van der Waals surface area contributed by atoms with Crippen LogP contribution in [0.4, 0.5) is 0 Å². The van der Waals surface area contributed by atoms with E-state index in [4.69, 9.17) is 5.73 Å². The van der Waals surface area contributed by atoms with Crippen LogP contribution >= 0.6 is 0 Å². The molecular formula is C13H20N2O. The Balaban J connectivity index is 3.11. The molecule has 0 atom stereocenters. The van der Waals surface area contributed by atoms with E-state index in [1.807, 2.05) is 13.0 Å². The van der Waals surface area contributed by atoms with Crippen molar-refractivity contribution in [3.05, 3.63) is 29.1 Å². The number of Topliss-reactive ketones (excluding diaryl/α,β-unsaturated/α-hetero) is 1. The van der Waals surface area contributed by atoms with Gasteiger partial charge in [0.05, 0.1) is 6.54 Å². The zero-order valence-corrected chi connectivity index (χ0v) is 10.3. The maximum Gasteiger partial charge on any atom is 0.176 e. The van der Waals surface area contributed by atoms with Crippen molar-refractivity contribution in [1.82, 2.24) is 4.98 Å². The van der Waals surface area contributed by atoms with Crippen molar-refractivity contribution in [2.45, 2.75) is 39.5 Å². The summed E-state index contributed by atoms with van der Waals surface area (Å²) in [7, 11) is 0. The molecule has 0 saturated carbocycles. The number of nitrogens with two attached hydrogens (primary N) is 1. The second kappa shape index (κ2) is 5.75. The van der Waals surface area contributed by atoms with Gasteiger partial charge in [0.2, 0.25) is 0 Å². The highest BCUT2D eigenvalue weighted by molar-refractivity contribution is 5.97. The third kappa shape index (κ3) is 2.89. The van der Waals surface area contributed by atoms with Gasteiger partial charge in [-0.1, -0.05) is 13.8 Å². The van der Waals surface area contributed by atoms with Gasteiger partial charge in [0, 0.05) is 22.9 Å². The Hall–Kier alpha value is -1.22. The lowest BCUT2D eigenvalue weighted by Crippen LogP contribution is -2.15. The van der Waals surface area contributed by atoms with E-state index in [9.17, 15) is 4.79 Å². The summed E-state index contributed by atoms with van der Waals surface area (Å²) in [5, 5.41) is 0. The Bertz CT molecular complexity index is 370. The van der Waals surface area contributed by atoms with Gasteiger partial charge in [-0.3, -0.25) is 9.78 Å². The highest BCUT2D eigenvalue weighted by Crippen LogP contribution is 2.22. The van der Waals surface area contributed by atoms with Crippen LogP contribution in [0.2, 0.25) is 0 Å². The minimum absolute atomic E-state index is 0.0160. The molecule has 88 valence electrons. The molecule has 16 heavy (non-hydrogen) atoms. The molecule has 1 aromatic heterocycles. The Morgan fingerprint density at radius 2 is 2.00 bits per heavy atom. The van der Waals surface area contributed by atoms with Crippen molar-refractivity contribution in [3.63, 3.8) is 0 Å². The fourth-order valence-electron chi connectivity index (χ4n) is 1.89. The molecule has 3 nitrogen and oxygen atoms in total. The lowest BCUT2D eigenvalue weighted by atomic mass is 9.96. The fraction of sp³-hybridized carbons (Fsp3) is 0.538. The molecule has 1 aromatic rings. The van der Waals surface area contributed by atoms with E-state index in [0.717, 1.165) is 24.2 Å². The number of carbonyl (C=O) groups excluding carboxylic acids is 1. The van der Waals surface area contributed by atoms with Gasteiger partial charge in [-0.05, 0) is 31.9 Å². The fourth-order valence-corrected chi connectivity index (χ4v) is 1.89. The molecule has 0 aliphatic heterocycles. The topological polar surface area (TPSA) is 56.0 Å². The summed E-state index contributed by atoms with van der Waals surface area (Å²) < 4.78 is 0. The molecule has 0 amide bonds. The maximum absolute atomic E-state index is 11.6. The number of ketones is 1. The molecule has 0 aliphatic carbocycles. The van der Waals surface area contributed by atoms with Crippen molar-refractivity contribution < 1.29 is 4.79 Å². The number of hydrogen-bond donors (Lipinski definition) is 1. The van der Waals surface area contributed by atoms with Gasteiger partial charge in [-0.2, -0.15) is 0 Å². The van der Waals surface area contributed by atoms with Gasteiger partial charge in [-0.25, -0.2) is 0 Å². The molecule has 0 aromatic carbocycles. The number of aromatic nitrogens is 1. The quantitative estimate of drug-likeness (QED) is 0.775. The van der Waals surface area contributed by atoms with Gasteiger partial charge >= 0.3 is 0 Å². The number of pyridine rings is 1. The smallest absolute Gasteiger partial charge is 0.176 e. The average Bonchev–Trinajstić information content (AvgIpc) is 2.29. The second-order valence-corrected chi connectivity index (χ2v) is 4.06. The number of aryl methyl sites for hydroxylation is 1. The Labute approximate surface area is 97.1 Å². The molecule has 0 bridgehead atoms.